The molecule has 0 spiro atoms. The van der Waals surface area contributed by atoms with Crippen molar-refractivity contribution in [2.24, 2.45) is 5.41 Å². The molecule has 1 fully saturated rings. The number of carbonyl (C=O) groups is 1. The van der Waals surface area contributed by atoms with E-state index in [0.29, 0.717) is 19.6 Å². The Morgan fingerprint density at radius 2 is 2.33 bits per heavy atom. The highest BCUT2D eigenvalue weighted by atomic mass is 16.5. The molecule has 0 radical (unpaired) electrons. The zero-order valence-electron chi connectivity index (χ0n) is 9.67. The fourth-order valence-corrected chi connectivity index (χ4v) is 2.20. The number of rotatable bonds is 4. The number of hydrogen-bond donors (Lipinski definition) is 0. The van der Waals surface area contributed by atoms with E-state index in [1.807, 2.05) is 6.92 Å². The van der Waals surface area contributed by atoms with Crippen molar-refractivity contribution in [1.82, 2.24) is 0 Å². The number of hydrogen-bond acceptors (Lipinski definition) is 3. The van der Waals surface area contributed by atoms with Gasteiger partial charge in [0.2, 0.25) is 0 Å². The number of carbonyl (C=O) groups excluding carboxylic acids is 1. The molecule has 0 bridgehead atoms. The lowest BCUT2D eigenvalue weighted by molar-refractivity contribution is -0.158. The molecule has 1 aliphatic rings. The molecule has 0 aromatic carbocycles. The molecule has 1 atom stereocenters. The summed E-state index contributed by atoms with van der Waals surface area (Å²) in [4.78, 5) is 11.8. The van der Waals surface area contributed by atoms with E-state index in [1.54, 1.807) is 0 Å². The smallest absolute Gasteiger partial charge is 0.314 e. The molecule has 1 saturated carbocycles. The Morgan fingerprint density at radius 1 is 1.60 bits per heavy atom. The van der Waals surface area contributed by atoms with Gasteiger partial charge in [-0.1, -0.05) is 12.2 Å². The maximum absolute atomic E-state index is 11.8. The minimum atomic E-state index is -0.472. The van der Waals surface area contributed by atoms with Crippen molar-refractivity contribution in [2.45, 2.75) is 32.6 Å². The summed E-state index contributed by atoms with van der Waals surface area (Å²) in [7, 11) is 1.44. The zero-order chi connectivity index (χ0) is 11.3. The first-order valence-electron chi connectivity index (χ1n) is 5.47. The summed E-state index contributed by atoms with van der Waals surface area (Å²) in [5, 5.41) is 0. The summed E-state index contributed by atoms with van der Waals surface area (Å²) < 4.78 is 10.3. The predicted octanol–water partition coefficient (Wildman–Crippen LogP) is 2.31. The van der Waals surface area contributed by atoms with Crippen LogP contribution < -0.4 is 0 Å². The molecule has 15 heavy (non-hydrogen) atoms. The Balaban J connectivity index is 2.74. The van der Waals surface area contributed by atoms with Crippen molar-refractivity contribution < 1.29 is 14.3 Å². The van der Waals surface area contributed by atoms with Crippen LogP contribution in [0.5, 0.6) is 0 Å². The van der Waals surface area contributed by atoms with Crippen LogP contribution in [0.2, 0.25) is 0 Å². The lowest BCUT2D eigenvalue weighted by Gasteiger charge is -2.35. The Labute approximate surface area is 91.4 Å². The van der Waals surface area contributed by atoms with Crippen molar-refractivity contribution in [1.29, 1.82) is 0 Å². The second-order valence-corrected chi connectivity index (χ2v) is 4.19. The molecule has 86 valence electrons. The second-order valence-electron chi connectivity index (χ2n) is 4.19. The van der Waals surface area contributed by atoms with Gasteiger partial charge in [0.25, 0.3) is 0 Å². The van der Waals surface area contributed by atoms with Gasteiger partial charge in [-0.3, -0.25) is 4.79 Å². The van der Waals surface area contributed by atoms with E-state index in [1.165, 1.54) is 7.11 Å². The third-order valence-electron chi connectivity index (χ3n) is 2.97. The van der Waals surface area contributed by atoms with Gasteiger partial charge in [0.15, 0.2) is 0 Å². The van der Waals surface area contributed by atoms with Gasteiger partial charge in [0.05, 0.1) is 19.1 Å². The SMILES string of the molecule is C=C1CCCC(COCC)(C(=O)OC)C1. The molecule has 0 aliphatic heterocycles. The quantitative estimate of drug-likeness (QED) is 0.530. The third-order valence-corrected chi connectivity index (χ3v) is 2.97. The van der Waals surface area contributed by atoms with Crippen molar-refractivity contribution >= 4 is 5.97 Å². The maximum Gasteiger partial charge on any atom is 0.314 e. The molecule has 0 amide bonds. The van der Waals surface area contributed by atoms with E-state index >= 15 is 0 Å². The van der Waals surface area contributed by atoms with Crippen LogP contribution in [0, 0.1) is 5.41 Å². The number of allylic oxidation sites excluding steroid dienone is 1. The average Bonchev–Trinajstić information content (AvgIpc) is 2.25. The largest absolute Gasteiger partial charge is 0.469 e. The van der Waals surface area contributed by atoms with Crippen LogP contribution in [0.15, 0.2) is 12.2 Å². The van der Waals surface area contributed by atoms with Crippen molar-refractivity contribution in [3.63, 3.8) is 0 Å². The third kappa shape index (κ3) is 2.81. The van der Waals surface area contributed by atoms with Gasteiger partial charge in [-0.2, -0.15) is 0 Å². The maximum atomic E-state index is 11.8. The van der Waals surface area contributed by atoms with Crippen LogP contribution in [0.3, 0.4) is 0 Å². The summed E-state index contributed by atoms with van der Waals surface area (Å²) in [5.74, 6) is -0.156. The van der Waals surface area contributed by atoms with Crippen molar-refractivity contribution in [2.75, 3.05) is 20.3 Å². The van der Waals surface area contributed by atoms with E-state index in [-0.39, 0.29) is 5.97 Å². The molecule has 0 N–H and O–H groups in total. The summed E-state index contributed by atoms with van der Waals surface area (Å²) in [6.07, 6.45) is 3.57. The first-order valence-corrected chi connectivity index (χ1v) is 5.47. The van der Waals surface area contributed by atoms with Gasteiger partial charge >= 0.3 is 5.97 Å². The van der Waals surface area contributed by atoms with Crippen LogP contribution in [-0.2, 0) is 14.3 Å². The minimum Gasteiger partial charge on any atom is -0.469 e. The summed E-state index contributed by atoms with van der Waals surface area (Å²) in [5.41, 5.74) is 0.659. The van der Waals surface area contributed by atoms with E-state index in [9.17, 15) is 4.79 Å². The van der Waals surface area contributed by atoms with E-state index in [4.69, 9.17) is 9.47 Å². The van der Waals surface area contributed by atoms with Crippen LogP contribution in [0.1, 0.15) is 32.6 Å². The van der Waals surface area contributed by atoms with Crippen LogP contribution in [0.4, 0.5) is 0 Å². The van der Waals surface area contributed by atoms with E-state index in [2.05, 4.69) is 6.58 Å². The summed E-state index contributed by atoms with van der Waals surface area (Å²) in [6, 6.07) is 0. The predicted molar refractivity (Wildman–Crippen MR) is 58.6 cm³/mol. The highest BCUT2D eigenvalue weighted by Gasteiger charge is 2.41. The van der Waals surface area contributed by atoms with Crippen LogP contribution >= 0.6 is 0 Å². The van der Waals surface area contributed by atoms with Crippen molar-refractivity contribution in [3.8, 4) is 0 Å². The minimum absolute atomic E-state index is 0.156. The van der Waals surface area contributed by atoms with Crippen LogP contribution in [-0.4, -0.2) is 26.3 Å². The van der Waals surface area contributed by atoms with Gasteiger partial charge < -0.3 is 9.47 Å². The molecule has 0 saturated heterocycles. The molecular weight excluding hydrogens is 192 g/mol. The first kappa shape index (κ1) is 12.2. The Bertz CT molecular complexity index is 247. The standard InChI is InChI=1S/C12H20O3/c1-4-15-9-12(11(13)14-3)7-5-6-10(2)8-12/h2,4-9H2,1,3H3. The van der Waals surface area contributed by atoms with Gasteiger partial charge in [0.1, 0.15) is 0 Å². The second kappa shape index (κ2) is 5.31. The van der Waals surface area contributed by atoms with Gasteiger partial charge in [0, 0.05) is 6.61 Å². The number of ether oxygens (including phenoxy) is 2. The normalized spacial score (nSPS) is 26.4. The first-order chi connectivity index (χ1) is 7.14. The molecule has 3 nitrogen and oxygen atoms in total. The fourth-order valence-electron chi connectivity index (χ4n) is 2.20. The topological polar surface area (TPSA) is 35.5 Å². The lowest BCUT2D eigenvalue weighted by Crippen LogP contribution is -2.39. The summed E-state index contributed by atoms with van der Waals surface area (Å²) in [6.45, 7) is 6.99. The zero-order valence-corrected chi connectivity index (χ0v) is 9.67. The lowest BCUT2D eigenvalue weighted by atomic mass is 9.73. The summed E-state index contributed by atoms with van der Waals surface area (Å²) >= 11 is 0. The number of esters is 1. The molecule has 1 aliphatic carbocycles. The average molecular weight is 212 g/mol. The monoisotopic (exact) mass is 212 g/mol. The molecule has 0 aromatic heterocycles. The van der Waals surface area contributed by atoms with E-state index < -0.39 is 5.41 Å². The van der Waals surface area contributed by atoms with Crippen LogP contribution in [0.25, 0.3) is 0 Å². The Morgan fingerprint density at radius 3 is 2.87 bits per heavy atom. The van der Waals surface area contributed by atoms with Gasteiger partial charge in [-0.25, -0.2) is 0 Å². The molecule has 1 unspecified atom stereocenters. The van der Waals surface area contributed by atoms with Gasteiger partial charge in [-0.15, -0.1) is 0 Å². The molecule has 0 aromatic rings. The Kier molecular flexibility index (Phi) is 4.33. The molecule has 3 heteroatoms. The fraction of sp³-hybridized carbons (Fsp3) is 0.750. The number of methoxy groups -OCH3 is 1. The molecule has 1 rings (SSSR count). The highest BCUT2D eigenvalue weighted by Crippen LogP contribution is 2.39. The van der Waals surface area contributed by atoms with Crippen molar-refractivity contribution in [3.05, 3.63) is 12.2 Å². The van der Waals surface area contributed by atoms with E-state index in [0.717, 1.165) is 24.8 Å². The molecule has 0 heterocycles. The Hall–Kier alpha value is -0.830. The van der Waals surface area contributed by atoms with Gasteiger partial charge in [-0.05, 0) is 32.6 Å². The molecular formula is C12H20O3. The highest BCUT2D eigenvalue weighted by molar-refractivity contribution is 5.77.